The van der Waals surface area contributed by atoms with Gasteiger partial charge in [-0.05, 0) is 18.2 Å². The average Bonchev–Trinajstić information content (AvgIpc) is 2.37. The maximum Gasteiger partial charge on any atom is 0.255 e. The molecular formula is C14H16BrF2NO3. The summed E-state index contributed by atoms with van der Waals surface area (Å²) in [6.07, 6.45) is -0.621. The van der Waals surface area contributed by atoms with Gasteiger partial charge in [0.15, 0.2) is 0 Å². The molecule has 0 saturated heterocycles. The van der Waals surface area contributed by atoms with Gasteiger partial charge in [0, 0.05) is 30.5 Å². The molecule has 0 aliphatic heterocycles. The maximum absolute atomic E-state index is 12.8. The van der Waals surface area contributed by atoms with Crippen LogP contribution < -0.4 is 10.1 Å². The smallest absolute Gasteiger partial charge is 0.255 e. The molecule has 7 heteroatoms. The second-order valence-electron chi connectivity index (χ2n) is 4.92. The molecule has 1 aromatic rings. The Bertz CT molecular complexity index is 517. The number of ether oxygens (including phenoxy) is 2. The normalized spacial score (nSPS) is 17.1. The molecule has 1 amide bonds. The van der Waals surface area contributed by atoms with Gasteiger partial charge in [-0.1, -0.05) is 15.9 Å². The summed E-state index contributed by atoms with van der Waals surface area (Å²) in [4.78, 5) is 12.1. The fraction of sp³-hybridized carbons (Fsp3) is 0.500. The van der Waals surface area contributed by atoms with Crippen LogP contribution in [0.3, 0.4) is 0 Å². The van der Waals surface area contributed by atoms with Crippen LogP contribution in [-0.4, -0.2) is 38.2 Å². The Kier molecular flexibility index (Phi) is 5.16. The van der Waals surface area contributed by atoms with Crippen LogP contribution in [0.2, 0.25) is 0 Å². The summed E-state index contributed by atoms with van der Waals surface area (Å²) >= 11 is 3.30. The number of alkyl halides is 2. The van der Waals surface area contributed by atoms with Crippen molar-refractivity contribution in [1.29, 1.82) is 0 Å². The van der Waals surface area contributed by atoms with Crippen LogP contribution in [0, 0.1) is 0 Å². The molecule has 0 heterocycles. The average molecular weight is 364 g/mol. The van der Waals surface area contributed by atoms with Crippen LogP contribution in [-0.2, 0) is 4.74 Å². The Morgan fingerprint density at radius 3 is 2.76 bits per heavy atom. The quantitative estimate of drug-likeness (QED) is 0.790. The zero-order chi connectivity index (χ0) is 15.5. The molecule has 1 N–H and O–H groups in total. The molecule has 0 bridgehead atoms. The van der Waals surface area contributed by atoms with Crippen molar-refractivity contribution < 1.29 is 23.0 Å². The molecule has 116 valence electrons. The number of nitrogens with one attached hydrogen (secondary N) is 1. The van der Waals surface area contributed by atoms with Gasteiger partial charge < -0.3 is 14.8 Å². The molecular weight excluding hydrogens is 348 g/mol. The molecule has 1 fully saturated rings. The fourth-order valence-corrected chi connectivity index (χ4v) is 2.40. The number of hydrogen-bond donors (Lipinski definition) is 1. The van der Waals surface area contributed by atoms with Crippen LogP contribution in [0.5, 0.6) is 5.75 Å². The number of benzene rings is 1. The molecule has 0 aromatic heterocycles. The maximum atomic E-state index is 12.8. The topological polar surface area (TPSA) is 47.6 Å². The summed E-state index contributed by atoms with van der Waals surface area (Å²) in [5.41, 5.74) is 0.324. The van der Waals surface area contributed by atoms with E-state index in [0.717, 1.165) is 4.47 Å². The van der Waals surface area contributed by atoms with Gasteiger partial charge in [0.1, 0.15) is 12.4 Å². The van der Waals surface area contributed by atoms with E-state index in [0.29, 0.717) is 24.5 Å². The van der Waals surface area contributed by atoms with E-state index < -0.39 is 17.9 Å². The summed E-state index contributed by atoms with van der Waals surface area (Å²) in [6, 6.07) is 4.48. The highest BCUT2D eigenvalue weighted by Gasteiger charge is 2.46. The van der Waals surface area contributed by atoms with Crippen molar-refractivity contribution in [3.63, 3.8) is 0 Å². The Morgan fingerprint density at radius 1 is 1.43 bits per heavy atom. The van der Waals surface area contributed by atoms with E-state index in [1.165, 1.54) is 0 Å². The summed E-state index contributed by atoms with van der Waals surface area (Å²) in [5, 5.41) is 2.59. The molecule has 1 aromatic carbocycles. The third kappa shape index (κ3) is 4.38. The molecule has 0 spiro atoms. The molecule has 2 rings (SSSR count). The Morgan fingerprint density at radius 2 is 2.14 bits per heavy atom. The van der Waals surface area contributed by atoms with E-state index in [2.05, 4.69) is 21.2 Å². The van der Waals surface area contributed by atoms with E-state index in [9.17, 15) is 13.6 Å². The van der Waals surface area contributed by atoms with Gasteiger partial charge in [-0.3, -0.25) is 4.79 Å². The van der Waals surface area contributed by atoms with E-state index in [4.69, 9.17) is 9.47 Å². The SMILES string of the molecule is COCCOc1cc(Br)ccc1C(=O)NC1CC(F)(F)C1. The van der Waals surface area contributed by atoms with Gasteiger partial charge in [-0.25, -0.2) is 8.78 Å². The van der Waals surface area contributed by atoms with Gasteiger partial charge in [-0.15, -0.1) is 0 Å². The number of rotatable bonds is 6. The largest absolute Gasteiger partial charge is 0.490 e. The first-order valence-electron chi connectivity index (χ1n) is 6.51. The lowest BCUT2D eigenvalue weighted by Crippen LogP contribution is -2.50. The number of amides is 1. The van der Waals surface area contributed by atoms with Crippen molar-refractivity contribution in [2.45, 2.75) is 24.8 Å². The Labute approximate surface area is 129 Å². The third-order valence-corrected chi connectivity index (χ3v) is 3.65. The lowest BCUT2D eigenvalue weighted by atomic mass is 9.88. The zero-order valence-electron chi connectivity index (χ0n) is 11.5. The van der Waals surface area contributed by atoms with Gasteiger partial charge in [-0.2, -0.15) is 0 Å². The number of methoxy groups -OCH3 is 1. The highest BCUT2D eigenvalue weighted by molar-refractivity contribution is 9.10. The van der Waals surface area contributed by atoms with E-state index in [1.54, 1.807) is 25.3 Å². The van der Waals surface area contributed by atoms with E-state index >= 15 is 0 Å². The number of halogens is 3. The second-order valence-corrected chi connectivity index (χ2v) is 5.83. The first-order chi connectivity index (χ1) is 9.91. The standard InChI is InChI=1S/C14H16BrF2NO3/c1-20-4-5-21-12-6-9(15)2-3-11(12)13(19)18-10-7-14(16,17)8-10/h2-3,6,10H,4-5,7-8H2,1H3,(H,18,19). The summed E-state index contributed by atoms with van der Waals surface area (Å²) in [7, 11) is 1.55. The van der Waals surface area contributed by atoms with E-state index in [1.807, 2.05) is 0 Å². The molecule has 0 radical (unpaired) electrons. The molecule has 1 aliphatic carbocycles. The fourth-order valence-electron chi connectivity index (χ4n) is 2.06. The molecule has 4 nitrogen and oxygen atoms in total. The Balaban J connectivity index is 2.02. The van der Waals surface area contributed by atoms with Crippen LogP contribution in [0.4, 0.5) is 8.78 Å². The van der Waals surface area contributed by atoms with Crippen molar-refractivity contribution in [3.8, 4) is 5.75 Å². The molecule has 21 heavy (non-hydrogen) atoms. The third-order valence-electron chi connectivity index (χ3n) is 3.16. The van der Waals surface area contributed by atoms with Crippen molar-refractivity contribution in [2.24, 2.45) is 0 Å². The lowest BCUT2D eigenvalue weighted by molar-refractivity contribution is -0.0901. The van der Waals surface area contributed by atoms with Gasteiger partial charge in [0.2, 0.25) is 0 Å². The van der Waals surface area contributed by atoms with Crippen molar-refractivity contribution in [3.05, 3.63) is 28.2 Å². The molecule has 1 aliphatic rings. The van der Waals surface area contributed by atoms with Gasteiger partial charge in [0.05, 0.1) is 12.2 Å². The highest BCUT2D eigenvalue weighted by atomic mass is 79.9. The highest BCUT2D eigenvalue weighted by Crippen LogP contribution is 2.37. The van der Waals surface area contributed by atoms with E-state index in [-0.39, 0.29) is 12.8 Å². The van der Waals surface area contributed by atoms with Crippen LogP contribution >= 0.6 is 15.9 Å². The zero-order valence-corrected chi connectivity index (χ0v) is 13.1. The summed E-state index contributed by atoms with van der Waals surface area (Å²) in [6.45, 7) is 0.692. The van der Waals surface area contributed by atoms with Crippen LogP contribution in [0.1, 0.15) is 23.2 Å². The second kappa shape index (κ2) is 6.70. The summed E-state index contributed by atoms with van der Waals surface area (Å²) in [5.74, 6) is -2.67. The monoisotopic (exact) mass is 363 g/mol. The lowest BCUT2D eigenvalue weighted by Gasteiger charge is -2.35. The Hall–Kier alpha value is -1.21. The molecule has 1 saturated carbocycles. The first-order valence-corrected chi connectivity index (χ1v) is 7.30. The molecule has 0 atom stereocenters. The van der Waals surface area contributed by atoms with Gasteiger partial charge >= 0.3 is 0 Å². The van der Waals surface area contributed by atoms with Gasteiger partial charge in [0.25, 0.3) is 11.8 Å². The minimum atomic E-state index is -2.66. The number of carbonyl (C=O) groups is 1. The van der Waals surface area contributed by atoms with Crippen LogP contribution in [0.15, 0.2) is 22.7 Å². The molecule has 0 unspecified atom stereocenters. The van der Waals surface area contributed by atoms with Crippen molar-refractivity contribution in [2.75, 3.05) is 20.3 Å². The minimum Gasteiger partial charge on any atom is -0.490 e. The number of hydrogen-bond acceptors (Lipinski definition) is 3. The van der Waals surface area contributed by atoms with Crippen LogP contribution in [0.25, 0.3) is 0 Å². The first kappa shape index (κ1) is 16.2. The summed E-state index contributed by atoms with van der Waals surface area (Å²) < 4.78 is 36.7. The number of carbonyl (C=O) groups excluding carboxylic acids is 1. The van der Waals surface area contributed by atoms with Crippen molar-refractivity contribution >= 4 is 21.8 Å². The predicted octanol–water partition coefficient (Wildman–Crippen LogP) is 3.00. The minimum absolute atomic E-state index is 0.300. The van der Waals surface area contributed by atoms with Crippen molar-refractivity contribution in [1.82, 2.24) is 5.32 Å². The predicted molar refractivity (Wildman–Crippen MR) is 76.9 cm³/mol.